The van der Waals surface area contributed by atoms with Gasteiger partial charge >= 0.3 is 0 Å². The summed E-state index contributed by atoms with van der Waals surface area (Å²) in [6.45, 7) is 2.01. The minimum absolute atomic E-state index is 0.0519. The lowest BCUT2D eigenvalue weighted by Crippen LogP contribution is -2.26. The molecule has 0 aliphatic heterocycles. The molecule has 126 valence electrons. The Labute approximate surface area is 146 Å². The van der Waals surface area contributed by atoms with Crippen LogP contribution in [0.1, 0.15) is 40.6 Å². The van der Waals surface area contributed by atoms with E-state index in [0.29, 0.717) is 23.2 Å². The molecule has 1 heterocycles. The largest absolute Gasteiger partial charge is 0.339 e. The van der Waals surface area contributed by atoms with Gasteiger partial charge in [-0.15, -0.1) is 0 Å². The van der Waals surface area contributed by atoms with Crippen molar-refractivity contribution in [3.05, 3.63) is 65.5 Å². The second-order valence-corrected chi connectivity index (χ2v) is 6.51. The first-order valence-electron chi connectivity index (χ1n) is 8.40. The lowest BCUT2D eigenvalue weighted by atomic mass is 10.1. The van der Waals surface area contributed by atoms with Crippen molar-refractivity contribution in [3.63, 3.8) is 0 Å². The van der Waals surface area contributed by atoms with Crippen molar-refractivity contribution in [1.82, 2.24) is 10.1 Å². The number of aryl methyl sites for hydroxylation is 1. The number of rotatable bonds is 4. The first-order chi connectivity index (χ1) is 12.1. The zero-order valence-corrected chi connectivity index (χ0v) is 14.3. The van der Waals surface area contributed by atoms with E-state index in [1.54, 1.807) is 24.1 Å². The number of nitrogens with zero attached hydrogens (tertiary/aromatic N) is 3. The molecular formula is C20H19N3O2. The molecule has 0 N–H and O–H groups in total. The SMILES string of the molecule is Cc1cccc(N(C)C(=O)c2ccc(-c3noc(C4CC4)n3)cc2)c1. The van der Waals surface area contributed by atoms with Crippen LogP contribution < -0.4 is 4.90 Å². The summed E-state index contributed by atoms with van der Waals surface area (Å²) in [5.74, 6) is 1.68. The van der Waals surface area contributed by atoms with Gasteiger partial charge < -0.3 is 9.42 Å². The van der Waals surface area contributed by atoms with Crippen LogP contribution in [0.4, 0.5) is 5.69 Å². The molecule has 1 aliphatic rings. The number of benzene rings is 2. The minimum atomic E-state index is -0.0519. The Morgan fingerprint density at radius 3 is 2.60 bits per heavy atom. The summed E-state index contributed by atoms with van der Waals surface area (Å²) < 4.78 is 5.29. The molecule has 2 aromatic carbocycles. The van der Waals surface area contributed by atoms with E-state index in [0.717, 1.165) is 29.7 Å². The number of anilines is 1. The summed E-state index contributed by atoms with van der Waals surface area (Å²) in [6.07, 6.45) is 2.25. The van der Waals surface area contributed by atoms with Crippen LogP contribution in [0.25, 0.3) is 11.4 Å². The average molecular weight is 333 g/mol. The van der Waals surface area contributed by atoms with Gasteiger partial charge in [0.2, 0.25) is 11.7 Å². The van der Waals surface area contributed by atoms with E-state index in [-0.39, 0.29) is 5.91 Å². The second kappa shape index (κ2) is 6.16. The molecule has 5 heteroatoms. The van der Waals surface area contributed by atoms with Crippen LogP contribution in [-0.2, 0) is 0 Å². The predicted molar refractivity (Wildman–Crippen MR) is 95.6 cm³/mol. The van der Waals surface area contributed by atoms with Crippen molar-refractivity contribution < 1.29 is 9.32 Å². The monoisotopic (exact) mass is 333 g/mol. The van der Waals surface area contributed by atoms with E-state index in [9.17, 15) is 4.79 Å². The quantitative estimate of drug-likeness (QED) is 0.718. The number of carbonyl (C=O) groups excluding carboxylic acids is 1. The molecule has 1 saturated carbocycles. The maximum absolute atomic E-state index is 12.7. The highest BCUT2D eigenvalue weighted by atomic mass is 16.5. The fourth-order valence-corrected chi connectivity index (χ4v) is 2.76. The van der Waals surface area contributed by atoms with Gasteiger partial charge in [0, 0.05) is 29.8 Å². The molecule has 3 aromatic rings. The van der Waals surface area contributed by atoms with Crippen LogP contribution in [0.5, 0.6) is 0 Å². The topological polar surface area (TPSA) is 59.2 Å². The lowest BCUT2D eigenvalue weighted by molar-refractivity contribution is 0.0993. The summed E-state index contributed by atoms with van der Waals surface area (Å²) in [6, 6.07) is 15.2. The fraction of sp³-hybridized carbons (Fsp3) is 0.250. The van der Waals surface area contributed by atoms with Crippen molar-refractivity contribution in [2.24, 2.45) is 0 Å². The van der Waals surface area contributed by atoms with E-state index in [4.69, 9.17) is 4.52 Å². The molecule has 0 bridgehead atoms. The van der Waals surface area contributed by atoms with Gasteiger partial charge in [0.15, 0.2) is 0 Å². The highest BCUT2D eigenvalue weighted by Crippen LogP contribution is 2.39. The first kappa shape index (κ1) is 15.6. The van der Waals surface area contributed by atoms with Crippen LogP contribution >= 0.6 is 0 Å². The van der Waals surface area contributed by atoms with E-state index in [2.05, 4.69) is 10.1 Å². The summed E-state index contributed by atoms with van der Waals surface area (Å²) in [4.78, 5) is 18.8. The molecule has 4 rings (SSSR count). The molecule has 25 heavy (non-hydrogen) atoms. The Balaban J connectivity index is 1.53. The molecule has 0 unspecified atom stereocenters. The molecular weight excluding hydrogens is 314 g/mol. The first-order valence-corrected chi connectivity index (χ1v) is 8.40. The van der Waals surface area contributed by atoms with Crippen molar-refractivity contribution in [3.8, 4) is 11.4 Å². The van der Waals surface area contributed by atoms with Crippen LogP contribution in [0, 0.1) is 6.92 Å². The van der Waals surface area contributed by atoms with E-state index >= 15 is 0 Å². The van der Waals surface area contributed by atoms with Crippen molar-refractivity contribution >= 4 is 11.6 Å². The van der Waals surface area contributed by atoms with Gasteiger partial charge in [-0.1, -0.05) is 29.4 Å². The number of hydrogen-bond donors (Lipinski definition) is 0. The standard InChI is InChI=1S/C20H19N3O2/c1-13-4-3-5-17(12-13)23(2)20(24)16-10-6-14(7-11-16)18-21-19(25-22-18)15-8-9-15/h3-7,10-12,15H,8-9H2,1-2H3. The summed E-state index contributed by atoms with van der Waals surface area (Å²) in [7, 11) is 1.78. The fourth-order valence-electron chi connectivity index (χ4n) is 2.76. The number of amides is 1. The number of carbonyl (C=O) groups is 1. The van der Waals surface area contributed by atoms with E-state index in [1.165, 1.54) is 0 Å². The Morgan fingerprint density at radius 1 is 1.16 bits per heavy atom. The van der Waals surface area contributed by atoms with Crippen molar-refractivity contribution in [1.29, 1.82) is 0 Å². The molecule has 0 radical (unpaired) electrons. The smallest absolute Gasteiger partial charge is 0.258 e. The highest BCUT2D eigenvalue weighted by molar-refractivity contribution is 6.05. The normalized spacial score (nSPS) is 13.7. The Morgan fingerprint density at radius 2 is 1.92 bits per heavy atom. The van der Waals surface area contributed by atoms with Gasteiger partial charge in [0.25, 0.3) is 5.91 Å². The van der Waals surface area contributed by atoms with Gasteiger partial charge in [0.1, 0.15) is 0 Å². The molecule has 0 saturated heterocycles. The molecule has 1 aliphatic carbocycles. The average Bonchev–Trinajstić information content (AvgIpc) is 3.37. The molecule has 1 fully saturated rings. The minimum Gasteiger partial charge on any atom is -0.339 e. The van der Waals surface area contributed by atoms with Crippen LogP contribution in [0.2, 0.25) is 0 Å². The van der Waals surface area contributed by atoms with Gasteiger partial charge in [-0.3, -0.25) is 4.79 Å². The van der Waals surface area contributed by atoms with Crippen LogP contribution in [0.15, 0.2) is 53.1 Å². The van der Waals surface area contributed by atoms with Crippen LogP contribution in [0.3, 0.4) is 0 Å². The van der Waals surface area contributed by atoms with Gasteiger partial charge in [-0.05, 0) is 49.6 Å². The van der Waals surface area contributed by atoms with Crippen LogP contribution in [-0.4, -0.2) is 23.1 Å². The molecule has 1 aromatic heterocycles. The zero-order valence-electron chi connectivity index (χ0n) is 14.3. The summed E-state index contributed by atoms with van der Waals surface area (Å²) >= 11 is 0. The van der Waals surface area contributed by atoms with Crippen molar-refractivity contribution in [2.45, 2.75) is 25.7 Å². The Kier molecular flexibility index (Phi) is 3.84. The van der Waals surface area contributed by atoms with E-state index < -0.39 is 0 Å². The zero-order chi connectivity index (χ0) is 17.4. The third-order valence-corrected chi connectivity index (χ3v) is 4.45. The van der Waals surface area contributed by atoms with Gasteiger partial charge in [0.05, 0.1) is 0 Å². The van der Waals surface area contributed by atoms with Gasteiger partial charge in [-0.25, -0.2) is 0 Å². The van der Waals surface area contributed by atoms with Crippen molar-refractivity contribution in [2.75, 3.05) is 11.9 Å². The summed E-state index contributed by atoms with van der Waals surface area (Å²) in [5, 5.41) is 4.03. The maximum atomic E-state index is 12.7. The Hall–Kier alpha value is -2.95. The lowest BCUT2D eigenvalue weighted by Gasteiger charge is -2.18. The molecule has 1 amide bonds. The second-order valence-electron chi connectivity index (χ2n) is 6.51. The maximum Gasteiger partial charge on any atom is 0.258 e. The number of hydrogen-bond acceptors (Lipinski definition) is 4. The molecule has 5 nitrogen and oxygen atoms in total. The van der Waals surface area contributed by atoms with Gasteiger partial charge in [-0.2, -0.15) is 4.98 Å². The third kappa shape index (κ3) is 3.18. The molecule has 0 spiro atoms. The predicted octanol–water partition coefficient (Wildman–Crippen LogP) is 4.20. The van der Waals surface area contributed by atoms with E-state index in [1.807, 2.05) is 43.3 Å². The highest BCUT2D eigenvalue weighted by Gasteiger charge is 2.29. The Bertz CT molecular complexity index is 911. The number of aromatic nitrogens is 2. The summed E-state index contributed by atoms with van der Waals surface area (Å²) in [5.41, 5.74) is 3.47. The third-order valence-electron chi connectivity index (χ3n) is 4.45. The molecule has 0 atom stereocenters.